The monoisotopic (exact) mass is 370 g/mol. The first kappa shape index (κ1) is 15.8. The molecule has 2 rings (SSSR count). The van der Waals surface area contributed by atoms with Gasteiger partial charge in [-0.15, -0.1) is 0 Å². The molecule has 0 aliphatic rings. The molecule has 0 bridgehead atoms. The summed E-state index contributed by atoms with van der Waals surface area (Å²) in [7, 11) is -3.72. The molecule has 7 heteroatoms. The zero-order valence-electron chi connectivity index (χ0n) is 11.3. The maximum atomic E-state index is 12.4. The molecule has 0 aromatic heterocycles. The Morgan fingerprint density at radius 3 is 2.43 bits per heavy atom. The second-order valence-corrected chi connectivity index (χ2v) is 7.10. The molecule has 2 aromatic rings. The van der Waals surface area contributed by atoms with E-state index in [1.54, 1.807) is 37.3 Å². The summed E-state index contributed by atoms with van der Waals surface area (Å²) in [4.78, 5) is 0.134. The molecule has 0 spiro atoms. The Bertz CT molecular complexity index is 759. The summed E-state index contributed by atoms with van der Waals surface area (Å²) in [5.41, 5.74) is 7.84. The Morgan fingerprint density at radius 1 is 1.24 bits per heavy atom. The number of rotatable bonds is 4. The smallest absolute Gasteiger partial charge is 0.262 e. The van der Waals surface area contributed by atoms with Crippen molar-refractivity contribution in [2.24, 2.45) is 0 Å². The lowest BCUT2D eigenvalue weighted by atomic mass is 10.2. The Kier molecular flexibility index (Phi) is 4.55. The molecule has 0 atom stereocenters. The van der Waals surface area contributed by atoms with Gasteiger partial charge in [0.1, 0.15) is 0 Å². The third-order valence-electron chi connectivity index (χ3n) is 2.97. The molecule has 0 unspecified atom stereocenters. The van der Waals surface area contributed by atoms with Gasteiger partial charge >= 0.3 is 0 Å². The normalized spacial score (nSPS) is 11.4. The average molecular weight is 371 g/mol. The molecular weight excluding hydrogens is 356 g/mol. The van der Waals surface area contributed by atoms with Crippen LogP contribution in [0.15, 0.2) is 45.8 Å². The minimum absolute atomic E-state index is 0.0879. The van der Waals surface area contributed by atoms with Gasteiger partial charge in [-0.2, -0.15) is 0 Å². The highest BCUT2D eigenvalue weighted by molar-refractivity contribution is 9.10. The number of sulfonamides is 1. The van der Waals surface area contributed by atoms with Crippen molar-refractivity contribution in [2.45, 2.75) is 18.4 Å². The second-order valence-electron chi connectivity index (χ2n) is 4.60. The minimum Gasteiger partial charge on any atom is -0.398 e. The number of halogens is 1. The van der Waals surface area contributed by atoms with Crippen LogP contribution in [0.5, 0.6) is 0 Å². The molecule has 0 fully saturated rings. The van der Waals surface area contributed by atoms with Gasteiger partial charge in [-0.3, -0.25) is 4.72 Å². The van der Waals surface area contributed by atoms with Gasteiger partial charge in [-0.25, -0.2) is 8.42 Å². The highest BCUT2D eigenvalue weighted by Gasteiger charge is 2.18. The van der Waals surface area contributed by atoms with Crippen molar-refractivity contribution in [3.8, 4) is 0 Å². The molecule has 0 saturated heterocycles. The molecule has 0 radical (unpaired) electrons. The van der Waals surface area contributed by atoms with E-state index in [0.717, 1.165) is 0 Å². The van der Waals surface area contributed by atoms with Crippen molar-refractivity contribution in [1.82, 2.24) is 0 Å². The van der Waals surface area contributed by atoms with Crippen LogP contribution >= 0.6 is 15.9 Å². The van der Waals surface area contributed by atoms with Crippen LogP contribution in [-0.4, -0.2) is 13.5 Å². The second kappa shape index (κ2) is 6.05. The van der Waals surface area contributed by atoms with Crippen molar-refractivity contribution in [3.05, 3.63) is 52.0 Å². The molecule has 112 valence electrons. The number of hydrogen-bond acceptors (Lipinski definition) is 4. The van der Waals surface area contributed by atoms with Gasteiger partial charge in [0.15, 0.2) is 0 Å². The van der Waals surface area contributed by atoms with Crippen molar-refractivity contribution in [1.29, 1.82) is 0 Å². The van der Waals surface area contributed by atoms with Gasteiger partial charge in [0.2, 0.25) is 0 Å². The van der Waals surface area contributed by atoms with E-state index in [1.165, 1.54) is 6.07 Å². The van der Waals surface area contributed by atoms with Gasteiger partial charge in [0.05, 0.1) is 11.5 Å². The fourth-order valence-corrected chi connectivity index (χ4v) is 3.63. The van der Waals surface area contributed by atoms with E-state index in [-0.39, 0.29) is 11.5 Å². The highest BCUT2D eigenvalue weighted by atomic mass is 79.9. The first-order chi connectivity index (χ1) is 9.83. The van der Waals surface area contributed by atoms with E-state index in [0.29, 0.717) is 27.0 Å². The fourth-order valence-electron chi connectivity index (χ4n) is 1.85. The van der Waals surface area contributed by atoms with Gasteiger partial charge < -0.3 is 10.8 Å². The third-order valence-corrected chi connectivity index (χ3v) is 5.18. The van der Waals surface area contributed by atoms with E-state index < -0.39 is 10.0 Å². The number of nitrogen functional groups attached to an aromatic ring is 1. The molecular formula is C14H15BrN2O3S. The van der Waals surface area contributed by atoms with Crippen molar-refractivity contribution >= 4 is 37.3 Å². The standard InChI is InChI=1S/C14H15BrN2O3S/c1-9-6-12(15)13(16)7-14(9)21(19,20)17-11-4-2-10(8-18)3-5-11/h2-7,17-18H,8,16H2,1H3. The van der Waals surface area contributed by atoms with Crippen LogP contribution in [0.1, 0.15) is 11.1 Å². The fraction of sp³-hybridized carbons (Fsp3) is 0.143. The first-order valence-corrected chi connectivity index (χ1v) is 8.39. The predicted octanol–water partition coefficient (Wildman–Crippen LogP) is 2.63. The first-order valence-electron chi connectivity index (χ1n) is 6.12. The summed E-state index contributed by atoms with van der Waals surface area (Å²) in [5.74, 6) is 0. The van der Waals surface area contributed by atoms with Crippen molar-refractivity contribution < 1.29 is 13.5 Å². The van der Waals surface area contributed by atoms with Crippen molar-refractivity contribution in [3.63, 3.8) is 0 Å². The highest BCUT2D eigenvalue weighted by Crippen LogP contribution is 2.27. The molecule has 2 aromatic carbocycles. The quantitative estimate of drug-likeness (QED) is 0.721. The summed E-state index contributed by atoms with van der Waals surface area (Å²) in [5, 5.41) is 8.97. The Hall–Kier alpha value is -1.57. The largest absolute Gasteiger partial charge is 0.398 e. The summed E-state index contributed by atoms with van der Waals surface area (Å²) >= 11 is 3.27. The molecule has 5 nitrogen and oxygen atoms in total. The summed E-state index contributed by atoms with van der Waals surface area (Å²) in [6.07, 6.45) is 0. The summed E-state index contributed by atoms with van der Waals surface area (Å²) in [6, 6.07) is 9.59. The number of nitrogens with one attached hydrogen (secondary N) is 1. The van der Waals surface area contributed by atoms with Crippen LogP contribution in [0.3, 0.4) is 0 Å². The van der Waals surface area contributed by atoms with E-state index in [4.69, 9.17) is 10.8 Å². The minimum atomic E-state index is -3.72. The zero-order valence-corrected chi connectivity index (χ0v) is 13.7. The van der Waals surface area contributed by atoms with Crippen molar-refractivity contribution in [2.75, 3.05) is 10.5 Å². The van der Waals surface area contributed by atoms with Gasteiger partial charge in [-0.1, -0.05) is 12.1 Å². The molecule has 4 N–H and O–H groups in total. The maximum absolute atomic E-state index is 12.4. The molecule has 0 heterocycles. The number of aliphatic hydroxyl groups excluding tert-OH is 1. The van der Waals surface area contributed by atoms with Crippen LogP contribution in [-0.2, 0) is 16.6 Å². The van der Waals surface area contributed by atoms with E-state index in [1.807, 2.05) is 0 Å². The number of anilines is 2. The zero-order chi connectivity index (χ0) is 15.6. The molecule has 0 amide bonds. The molecule has 0 saturated carbocycles. The lowest BCUT2D eigenvalue weighted by Gasteiger charge is -2.12. The van der Waals surface area contributed by atoms with Crippen LogP contribution in [0.4, 0.5) is 11.4 Å². The van der Waals surface area contributed by atoms with Crippen LogP contribution in [0.25, 0.3) is 0 Å². The van der Waals surface area contributed by atoms with Gasteiger partial charge in [0.25, 0.3) is 10.0 Å². The Morgan fingerprint density at radius 2 is 1.86 bits per heavy atom. The maximum Gasteiger partial charge on any atom is 0.262 e. The Labute approximate surface area is 132 Å². The lowest BCUT2D eigenvalue weighted by Crippen LogP contribution is -2.14. The van der Waals surface area contributed by atoms with Gasteiger partial charge in [0, 0.05) is 15.8 Å². The van der Waals surface area contributed by atoms with Gasteiger partial charge in [-0.05, 0) is 58.2 Å². The molecule has 0 aliphatic heterocycles. The number of nitrogens with two attached hydrogens (primary N) is 1. The summed E-state index contributed by atoms with van der Waals surface area (Å²) < 4.78 is 28.0. The number of hydrogen-bond donors (Lipinski definition) is 3. The topological polar surface area (TPSA) is 92.4 Å². The predicted molar refractivity (Wildman–Crippen MR) is 86.5 cm³/mol. The third kappa shape index (κ3) is 3.55. The van der Waals surface area contributed by atoms with E-state index in [9.17, 15) is 8.42 Å². The lowest BCUT2D eigenvalue weighted by molar-refractivity contribution is 0.282. The number of benzene rings is 2. The number of aryl methyl sites for hydroxylation is 1. The molecule has 0 aliphatic carbocycles. The SMILES string of the molecule is Cc1cc(Br)c(N)cc1S(=O)(=O)Nc1ccc(CO)cc1. The summed E-state index contributed by atoms with van der Waals surface area (Å²) in [6.45, 7) is 1.61. The molecule has 21 heavy (non-hydrogen) atoms. The average Bonchev–Trinajstić information content (AvgIpc) is 2.43. The number of aliphatic hydroxyl groups is 1. The van der Waals surface area contributed by atoms with Crippen LogP contribution < -0.4 is 10.5 Å². The van der Waals surface area contributed by atoms with E-state index >= 15 is 0 Å². The van der Waals surface area contributed by atoms with Crippen LogP contribution in [0, 0.1) is 6.92 Å². The Balaban J connectivity index is 2.35. The van der Waals surface area contributed by atoms with Crippen LogP contribution in [0.2, 0.25) is 0 Å². The van der Waals surface area contributed by atoms with E-state index in [2.05, 4.69) is 20.7 Å².